The monoisotopic (exact) mass is 256 g/mol. The summed E-state index contributed by atoms with van der Waals surface area (Å²) < 4.78 is 0. The minimum atomic E-state index is -1.18. The maximum atomic E-state index is 11.3. The molecule has 0 unspecified atom stereocenters. The Morgan fingerprint density at radius 1 is 0.947 bits per heavy atom. The number of aliphatic carboxylic acids is 1. The van der Waals surface area contributed by atoms with Crippen molar-refractivity contribution in [2.45, 2.75) is 0 Å². The number of hydrogen-bond acceptors (Lipinski definition) is 3. The molecule has 0 saturated carbocycles. The Morgan fingerprint density at radius 2 is 1.63 bits per heavy atom. The molecule has 0 spiro atoms. The highest BCUT2D eigenvalue weighted by Crippen LogP contribution is 2.34. The van der Waals surface area contributed by atoms with Crippen LogP contribution in [0.15, 0.2) is 48.5 Å². The van der Waals surface area contributed by atoms with Gasteiger partial charge in [0, 0.05) is 5.56 Å². The number of phenolic OH excluding ortho intramolecular Hbond substituents is 2. The van der Waals surface area contributed by atoms with E-state index in [-0.39, 0.29) is 16.9 Å². The van der Waals surface area contributed by atoms with Gasteiger partial charge in [-0.25, -0.2) is 4.79 Å². The smallest absolute Gasteiger partial charge is 0.336 e. The van der Waals surface area contributed by atoms with Crippen LogP contribution in [0.5, 0.6) is 11.5 Å². The van der Waals surface area contributed by atoms with Gasteiger partial charge in [0.15, 0.2) is 11.5 Å². The molecule has 0 radical (unpaired) electrons. The van der Waals surface area contributed by atoms with Crippen LogP contribution >= 0.6 is 0 Å². The Kier molecular flexibility index (Phi) is 3.52. The largest absolute Gasteiger partial charge is 0.504 e. The Bertz CT molecular complexity index is 630. The molecule has 0 atom stereocenters. The van der Waals surface area contributed by atoms with Crippen molar-refractivity contribution < 1.29 is 20.1 Å². The van der Waals surface area contributed by atoms with Gasteiger partial charge >= 0.3 is 5.97 Å². The lowest BCUT2D eigenvalue weighted by Gasteiger charge is -2.07. The number of rotatable bonds is 3. The van der Waals surface area contributed by atoms with Crippen LogP contribution in [0.1, 0.15) is 11.1 Å². The van der Waals surface area contributed by atoms with Crippen molar-refractivity contribution in [2.24, 2.45) is 0 Å². The molecule has 0 aliphatic carbocycles. The Morgan fingerprint density at radius 3 is 2.26 bits per heavy atom. The van der Waals surface area contributed by atoms with Crippen molar-refractivity contribution in [3.05, 3.63) is 59.7 Å². The van der Waals surface area contributed by atoms with E-state index in [0.29, 0.717) is 5.56 Å². The van der Waals surface area contributed by atoms with E-state index >= 15 is 0 Å². The molecular weight excluding hydrogens is 244 g/mol. The first-order chi connectivity index (χ1) is 9.09. The number of carboxylic acids is 1. The number of phenols is 2. The third-order valence-corrected chi connectivity index (χ3v) is 2.65. The molecule has 2 rings (SSSR count). The molecule has 0 fully saturated rings. The van der Waals surface area contributed by atoms with Gasteiger partial charge in [0.2, 0.25) is 0 Å². The molecule has 0 heterocycles. The molecule has 0 aliphatic heterocycles. The topological polar surface area (TPSA) is 77.8 Å². The highest BCUT2D eigenvalue weighted by Gasteiger charge is 2.16. The number of aromatic hydroxyl groups is 2. The molecule has 0 aliphatic rings. The SMILES string of the molecule is O=C(O)C(=Cc1ccccc1)c1cccc(O)c1O. The third kappa shape index (κ3) is 2.74. The van der Waals surface area contributed by atoms with Crippen LogP contribution < -0.4 is 0 Å². The van der Waals surface area contributed by atoms with Crippen molar-refractivity contribution >= 4 is 17.6 Å². The van der Waals surface area contributed by atoms with Crippen LogP contribution in [0.2, 0.25) is 0 Å². The Hall–Kier alpha value is -2.75. The zero-order valence-electron chi connectivity index (χ0n) is 9.95. The maximum absolute atomic E-state index is 11.3. The number of carboxylic acid groups (broad SMARTS) is 1. The molecule has 4 nitrogen and oxygen atoms in total. The van der Waals surface area contributed by atoms with Crippen LogP contribution in [0.25, 0.3) is 11.6 Å². The second-order valence-electron chi connectivity index (χ2n) is 3.95. The summed E-state index contributed by atoms with van der Waals surface area (Å²) in [6.07, 6.45) is 1.44. The number of hydrogen-bond donors (Lipinski definition) is 3. The van der Waals surface area contributed by atoms with E-state index in [9.17, 15) is 20.1 Å². The highest BCUT2D eigenvalue weighted by molar-refractivity contribution is 6.21. The summed E-state index contributed by atoms with van der Waals surface area (Å²) in [5.41, 5.74) is 0.693. The van der Waals surface area contributed by atoms with Gasteiger partial charge < -0.3 is 15.3 Å². The molecule has 0 amide bonds. The van der Waals surface area contributed by atoms with Crippen molar-refractivity contribution in [3.63, 3.8) is 0 Å². The first kappa shape index (κ1) is 12.7. The van der Waals surface area contributed by atoms with Crippen LogP contribution in [-0.2, 0) is 4.79 Å². The predicted octanol–water partition coefficient (Wildman–Crippen LogP) is 2.72. The predicted molar refractivity (Wildman–Crippen MR) is 71.7 cm³/mol. The van der Waals surface area contributed by atoms with Gasteiger partial charge in [-0.2, -0.15) is 0 Å². The quantitative estimate of drug-likeness (QED) is 0.448. The summed E-state index contributed by atoms with van der Waals surface area (Å²) in [6, 6.07) is 13.1. The number of carbonyl (C=O) groups is 1. The lowest BCUT2D eigenvalue weighted by molar-refractivity contribution is -0.130. The van der Waals surface area contributed by atoms with E-state index in [1.54, 1.807) is 24.3 Å². The summed E-state index contributed by atoms with van der Waals surface area (Å²) in [5, 5.41) is 28.4. The van der Waals surface area contributed by atoms with Gasteiger partial charge in [-0.05, 0) is 17.7 Å². The van der Waals surface area contributed by atoms with Gasteiger partial charge in [-0.15, -0.1) is 0 Å². The van der Waals surface area contributed by atoms with Crippen molar-refractivity contribution in [3.8, 4) is 11.5 Å². The van der Waals surface area contributed by atoms with Crippen LogP contribution in [0, 0.1) is 0 Å². The van der Waals surface area contributed by atoms with Crippen LogP contribution in [-0.4, -0.2) is 21.3 Å². The van der Waals surface area contributed by atoms with E-state index in [4.69, 9.17) is 0 Å². The molecule has 2 aromatic rings. The minimum absolute atomic E-state index is 0.0800. The zero-order chi connectivity index (χ0) is 13.8. The lowest BCUT2D eigenvalue weighted by atomic mass is 10.0. The van der Waals surface area contributed by atoms with Crippen LogP contribution in [0.3, 0.4) is 0 Å². The van der Waals surface area contributed by atoms with Crippen LogP contribution in [0.4, 0.5) is 0 Å². The molecule has 96 valence electrons. The molecule has 0 bridgehead atoms. The molecule has 2 aromatic carbocycles. The molecule has 0 saturated heterocycles. The standard InChI is InChI=1S/C15H12O4/c16-13-8-4-7-11(14(13)17)12(15(18)19)9-10-5-2-1-3-6-10/h1-9,16-17H,(H,18,19). The zero-order valence-corrected chi connectivity index (χ0v) is 9.95. The van der Waals surface area contributed by atoms with E-state index in [1.165, 1.54) is 24.3 Å². The third-order valence-electron chi connectivity index (χ3n) is 2.65. The summed E-state index contributed by atoms with van der Waals surface area (Å²) >= 11 is 0. The van der Waals surface area contributed by atoms with Gasteiger partial charge in [-0.3, -0.25) is 0 Å². The van der Waals surface area contributed by atoms with Gasteiger partial charge in [0.1, 0.15) is 0 Å². The summed E-state index contributed by atoms with van der Waals surface area (Å²) in [7, 11) is 0. The highest BCUT2D eigenvalue weighted by atomic mass is 16.4. The minimum Gasteiger partial charge on any atom is -0.504 e. The van der Waals surface area contributed by atoms with Gasteiger partial charge in [0.25, 0.3) is 0 Å². The van der Waals surface area contributed by atoms with E-state index < -0.39 is 11.7 Å². The maximum Gasteiger partial charge on any atom is 0.336 e. The fraction of sp³-hybridized carbons (Fsp3) is 0. The van der Waals surface area contributed by atoms with E-state index in [1.807, 2.05) is 6.07 Å². The summed E-state index contributed by atoms with van der Waals surface area (Å²) in [5.74, 6) is -1.96. The normalized spacial score (nSPS) is 11.3. The molecular formula is C15H12O4. The number of benzene rings is 2. The molecule has 19 heavy (non-hydrogen) atoms. The lowest BCUT2D eigenvalue weighted by Crippen LogP contribution is -2.00. The molecule has 0 aromatic heterocycles. The Labute approximate surface area is 109 Å². The van der Waals surface area contributed by atoms with E-state index in [2.05, 4.69) is 0 Å². The fourth-order valence-electron chi connectivity index (χ4n) is 1.72. The first-order valence-corrected chi connectivity index (χ1v) is 5.61. The van der Waals surface area contributed by atoms with Gasteiger partial charge in [0.05, 0.1) is 5.57 Å². The number of para-hydroxylation sites is 1. The summed E-state index contributed by atoms with van der Waals surface area (Å²) in [6.45, 7) is 0. The van der Waals surface area contributed by atoms with E-state index in [0.717, 1.165) is 0 Å². The average molecular weight is 256 g/mol. The Balaban J connectivity index is 2.56. The molecule has 4 heteroatoms. The summed E-state index contributed by atoms with van der Waals surface area (Å²) in [4.78, 5) is 11.3. The molecule has 3 N–H and O–H groups in total. The van der Waals surface area contributed by atoms with Crippen molar-refractivity contribution in [1.29, 1.82) is 0 Å². The van der Waals surface area contributed by atoms with Crippen molar-refractivity contribution in [1.82, 2.24) is 0 Å². The first-order valence-electron chi connectivity index (χ1n) is 5.61. The fourth-order valence-corrected chi connectivity index (χ4v) is 1.72. The van der Waals surface area contributed by atoms with Gasteiger partial charge in [-0.1, -0.05) is 42.5 Å². The van der Waals surface area contributed by atoms with Crippen molar-refractivity contribution in [2.75, 3.05) is 0 Å². The second-order valence-corrected chi connectivity index (χ2v) is 3.95. The second kappa shape index (κ2) is 5.27. The average Bonchev–Trinajstić information content (AvgIpc) is 2.40.